The van der Waals surface area contributed by atoms with Gasteiger partial charge < -0.3 is 38.2 Å². The van der Waals surface area contributed by atoms with Crippen molar-refractivity contribution in [2.24, 2.45) is 5.73 Å². The van der Waals surface area contributed by atoms with E-state index >= 15 is 0 Å². The van der Waals surface area contributed by atoms with Crippen LogP contribution >= 0.6 is 22.9 Å². The minimum Gasteiger partial charge on any atom is -1.00 e. The number of hydrogen-bond acceptors (Lipinski definition) is 5. The number of carbonyl (C=O) groups is 2. The number of aliphatic hydroxyl groups is 2. The summed E-state index contributed by atoms with van der Waals surface area (Å²) in [6.07, 6.45) is 1.99. The second kappa shape index (κ2) is 11.8. The summed E-state index contributed by atoms with van der Waals surface area (Å²) < 4.78 is 0.739. The highest BCUT2D eigenvalue weighted by atomic mass is 35.5. The molecule has 0 bridgehead atoms. The van der Waals surface area contributed by atoms with Gasteiger partial charge in [-0.1, -0.05) is 11.6 Å². The van der Waals surface area contributed by atoms with Gasteiger partial charge in [-0.05, 0) is 29.8 Å². The summed E-state index contributed by atoms with van der Waals surface area (Å²) in [7, 11) is 0. The summed E-state index contributed by atoms with van der Waals surface area (Å²) >= 11 is 7.24. The van der Waals surface area contributed by atoms with E-state index in [0.717, 1.165) is 34.6 Å². The molecule has 1 aliphatic heterocycles. The molecule has 0 unspecified atom stereocenters. The number of carbonyl (C=O) groups excluding carboxylic acids is 2. The number of nitrogens with zero attached hydrogens (tertiary/aromatic N) is 1. The number of fused-ring (bicyclic) bond motifs is 1. The normalized spacial score (nSPS) is 14.2. The fourth-order valence-corrected chi connectivity index (χ4v) is 5.60. The van der Waals surface area contributed by atoms with Crippen molar-refractivity contribution in [2.75, 3.05) is 43.5 Å². The number of quaternary nitrogens is 1. The van der Waals surface area contributed by atoms with Gasteiger partial charge in [0.05, 0.1) is 30.1 Å². The number of nitrogens with two attached hydrogens (primary N) is 1. The lowest BCUT2D eigenvalue weighted by atomic mass is 9.99. The SMILES string of the molecule is NC(=O)c1c(NC(=O)Nc2ccc(Cl)cc2)sc2c1CC[N+](CCCO)(CCCO)C2.[Cl-]. The predicted octanol–water partition coefficient (Wildman–Crippen LogP) is -0.214. The first kappa shape index (κ1) is 26.4. The molecule has 11 heteroatoms. The molecular formula is C21H28Cl2N4O4S. The lowest BCUT2D eigenvalue weighted by Crippen LogP contribution is -3.00. The van der Waals surface area contributed by atoms with Crippen molar-refractivity contribution in [3.05, 3.63) is 45.3 Å². The van der Waals surface area contributed by atoms with Crippen molar-refractivity contribution in [3.8, 4) is 0 Å². The molecule has 0 saturated heterocycles. The Hall–Kier alpha value is -1.88. The third-order valence-electron chi connectivity index (χ3n) is 5.56. The number of rotatable bonds is 9. The van der Waals surface area contributed by atoms with Crippen molar-refractivity contribution in [2.45, 2.75) is 25.8 Å². The average molecular weight is 503 g/mol. The van der Waals surface area contributed by atoms with E-state index in [1.54, 1.807) is 24.3 Å². The van der Waals surface area contributed by atoms with Gasteiger partial charge in [0.1, 0.15) is 11.5 Å². The molecule has 2 aromatic rings. The zero-order chi connectivity index (χ0) is 22.4. The Morgan fingerprint density at radius 3 is 2.28 bits per heavy atom. The molecule has 1 aromatic heterocycles. The first-order chi connectivity index (χ1) is 14.9. The van der Waals surface area contributed by atoms with Crippen molar-refractivity contribution in [1.29, 1.82) is 0 Å². The number of primary amides is 1. The van der Waals surface area contributed by atoms with Crippen LogP contribution in [0.4, 0.5) is 15.5 Å². The quantitative estimate of drug-likeness (QED) is 0.304. The second-order valence-electron chi connectivity index (χ2n) is 7.73. The van der Waals surface area contributed by atoms with Crippen LogP contribution in [0.15, 0.2) is 24.3 Å². The number of urea groups is 1. The number of anilines is 2. The highest BCUT2D eigenvalue weighted by Gasteiger charge is 2.36. The summed E-state index contributed by atoms with van der Waals surface area (Å²) in [5.41, 5.74) is 7.50. The highest BCUT2D eigenvalue weighted by Crippen LogP contribution is 2.39. The van der Waals surface area contributed by atoms with Crippen molar-refractivity contribution >= 4 is 45.6 Å². The second-order valence-corrected chi connectivity index (χ2v) is 9.27. The molecule has 32 heavy (non-hydrogen) atoms. The van der Waals surface area contributed by atoms with Crippen molar-refractivity contribution in [3.63, 3.8) is 0 Å². The number of amides is 3. The third-order valence-corrected chi connectivity index (χ3v) is 6.95. The van der Waals surface area contributed by atoms with E-state index in [1.165, 1.54) is 11.3 Å². The molecule has 0 saturated carbocycles. The minimum absolute atomic E-state index is 0. The number of hydrogen-bond donors (Lipinski definition) is 5. The van der Waals surface area contributed by atoms with E-state index in [9.17, 15) is 19.8 Å². The topological polar surface area (TPSA) is 125 Å². The maximum atomic E-state index is 12.5. The number of halogens is 2. The Bertz CT molecular complexity index is 929. The van der Waals surface area contributed by atoms with Gasteiger partial charge in [-0.25, -0.2) is 4.79 Å². The fourth-order valence-electron chi connectivity index (χ4n) is 4.09. The average Bonchev–Trinajstić information content (AvgIpc) is 3.09. The van der Waals surface area contributed by atoms with Gasteiger partial charge in [-0.3, -0.25) is 10.1 Å². The molecule has 0 radical (unpaired) electrons. The Labute approximate surface area is 202 Å². The summed E-state index contributed by atoms with van der Waals surface area (Å²) in [5.74, 6) is -0.565. The number of benzene rings is 1. The third kappa shape index (κ3) is 6.34. The van der Waals surface area contributed by atoms with Gasteiger partial charge in [0, 0.05) is 43.2 Å². The van der Waals surface area contributed by atoms with E-state index < -0.39 is 11.9 Å². The molecule has 176 valence electrons. The van der Waals surface area contributed by atoms with E-state index in [-0.39, 0.29) is 25.6 Å². The van der Waals surface area contributed by atoms with Crippen LogP contribution in [0.1, 0.15) is 33.6 Å². The van der Waals surface area contributed by atoms with E-state index in [4.69, 9.17) is 17.3 Å². The molecule has 0 aliphatic carbocycles. The van der Waals surface area contributed by atoms with Gasteiger partial charge in [0.25, 0.3) is 5.91 Å². The molecule has 6 N–H and O–H groups in total. The van der Waals surface area contributed by atoms with Gasteiger partial charge in [0.2, 0.25) is 0 Å². The zero-order valence-corrected chi connectivity index (χ0v) is 19.9. The van der Waals surface area contributed by atoms with Crippen LogP contribution in [-0.4, -0.2) is 59.5 Å². The Kier molecular flexibility index (Phi) is 9.75. The van der Waals surface area contributed by atoms with Crippen LogP contribution in [0.2, 0.25) is 5.02 Å². The van der Waals surface area contributed by atoms with Crippen LogP contribution in [0.3, 0.4) is 0 Å². The highest BCUT2D eigenvalue weighted by molar-refractivity contribution is 7.17. The molecule has 3 amide bonds. The maximum Gasteiger partial charge on any atom is 0.324 e. The van der Waals surface area contributed by atoms with E-state index in [2.05, 4.69) is 10.6 Å². The summed E-state index contributed by atoms with van der Waals surface area (Å²) in [4.78, 5) is 25.7. The largest absolute Gasteiger partial charge is 1.00 e. The van der Waals surface area contributed by atoms with Gasteiger partial charge in [-0.15, -0.1) is 11.3 Å². The summed E-state index contributed by atoms with van der Waals surface area (Å²) in [6.45, 7) is 3.28. The van der Waals surface area contributed by atoms with Gasteiger partial charge in [0.15, 0.2) is 0 Å². The van der Waals surface area contributed by atoms with Gasteiger partial charge in [-0.2, -0.15) is 0 Å². The van der Waals surface area contributed by atoms with Crippen LogP contribution in [0.25, 0.3) is 0 Å². The van der Waals surface area contributed by atoms with Gasteiger partial charge >= 0.3 is 6.03 Å². The molecule has 1 aliphatic rings. The molecule has 0 fully saturated rings. The molecular weight excluding hydrogens is 475 g/mol. The minimum atomic E-state index is -0.565. The van der Waals surface area contributed by atoms with E-state index in [0.29, 0.717) is 47.1 Å². The molecule has 0 atom stereocenters. The smallest absolute Gasteiger partial charge is 0.324 e. The number of aliphatic hydroxyl groups excluding tert-OH is 2. The Morgan fingerprint density at radius 1 is 1.09 bits per heavy atom. The Balaban J connectivity index is 0.00000363. The Morgan fingerprint density at radius 2 is 1.72 bits per heavy atom. The first-order valence-corrected chi connectivity index (χ1v) is 11.4. The summed E-state index contributed by atoms with van der Waals surface area (Å²) in [6, 6.07) is 6.25. The van der Waals surface area contributed by atoms with Crippen molar-refractivity contribution < 1.29 is 36.7 Å². The standard InChI is InChI=1S/C21H27ClN4O4S.ClH/c22-14-3-5-15(6-4-14)24-21(30)25-20-18(19(23)29)16-7-10-26(8-1-11-27,9-2-12-28)13-17(16)31-20;/h3-6,27-28H,1-2,7-13H2,(H3-,23,24,25,29,30);1H. The monoisotopic (exact) mass is 502 g/mol. The summed E-state index contributed by atoms with van der Waals surface area (Å²) in [5, 5.41) is 25.1. The lowest BCUT2D eigenvalue weighted by Gasteiger charge is -2.41. The molecule has 8 nitrogen and oxygen atoms in total. The van der Waals surface area contributed by atoms with Crippen LogP contribution in [-0.2, 0) is 13.0 Å². The molecule has 1 aromatic carbocycles. The molecule has 3 rings (SSSR count). The zero-order valence-electron chi connectivity index (χ0n) is 17.6. The predicted molar refractivity (Wildman–Crippen MR) is 123 cm³/mol. The van der Waals surface area contributed by atoms with Crippen LogP contribution in [0, 0.1) is 0 Å². The maximum absolute atomic E-state index is 12.5. The number of nitrogens with one attached hydrogen (secondary N) is 2. The first-order valence-electron chi connectivity index (χ1n) is 10.2. The van der Waals surface area contributed by atoms with E-state index in [1.807, 2.05) is 0 Å². The molecule has 2 heterocycles. The fraction of sp³-hybridized carbons (Fsp3) is 0.429. The molecule has 0 spiro atoms. The van der Waals surface area contributed by atoms with Crippen LogP contribution in [0.5, 0.6) is 0 Å². The lowest BCUT2D eigenvalue weighted by molar-refractivity contribution is -0.942. The van der Waals surface area contributed by atoms with Crippen LogP contribution < -0.4 is 28.8 Å². The van der Waals surface area contributed by atoms with Crippen molar-refractivity contribution in [1.82, 2.24) is 0 Å². The number of thiophene rings is 1.